The van der Waals surface area contributed by atoms with Gasteiger partial charge in [0, 0.05) is 6.54 Å². The van der Waals surface area contributed by atoms with Crippen LogP contribution in [0.25, 0.3) is 0 Å². The Labute approximate surface area is 119 Å². The second-order valence-corrected chi connectivity index (χ2v) is 4.76. The number of nitrogens with one attached hydrogen (secondary N) is 3. The van der Waals surface area contributed by atoms with E-state index in [1.807, 2.05) is 30.3 Å². The van der Waals surface area contributed by atoms with E-state index in [0.717, 1.165) is 5.56 Å². The number of carbonyl (C=O) groups excluding carboxylic acids is 2. The predicted molar refractivity (Wildman–Crippen MR) is 73.9 cm³/mol. The van der Waals surface area contributed by atoms with Gasteiger partial charge in [0.1, 0.15) is 6.33 Å². The van der Waals surface area contributed by atoms with Crippen LogP contribution in [0.15, 0.2) is 41.8 Å². The Morgan fingerprint density at radius 3 is 2.75 bits per heavy atom. The van der Waals surface area contributed by atoms with Crippen LogP contribution in [0, 0.1) is 0 Å². The number of benzene rings is 1. The molecule has 0 aliphatic heterocycles. The van der Waals surface area contributed by atoms with E-state index in [-0.39, 0.29) is 5.75 Å². The van der Waals surface area contributed by atoms with Crippen molar-refractivity contribution in [2.24, 2.45) is 0 Å². The molecular weight excluding hydrogens is 278 g/mol. The van der Waals surface area contributed by atoms with Gasteiger partial charge in [0.15, 0.2) is 5.16 Å². The summed E-state index contributed by atoms with van der Waals surface area (Å²) >= 11 is 1.17. The molecule has 1 aromatic carbocycles. The number of rotatable bonds is 5. The molecule has 0 fully saturated rings. The third-order valence-corrected chi connectivity index (χ3v) is 3.16. The number of aromatic amines is 1. The van der Waals surface area contributed by atoms with Crippen LogP contribution in [0.2, 0.25) is 0 Å². The largest absolute Gasteiger partial charge is 0.334 e. The van der Waals surface area contributed by atoms with Crippen molar-refractivity contribution in [2.45, 2.75) is 11.7 Å². The van der Waals surface area contributed by atoms with Gasteiger partial charge in [-0.05, 0) is 5.56 Å². The maximum absolute atomic E-state index is 11.5. The third-order valence-electron chi connectivity index (χ3n) is 2.28. The Hall–Kier alpha value is -2.35. The lowest BCUT2D eigenvalue weighted by molar-refractivity contribution is -0.117. The summed E-state index contributed by atoms with van der Waals surface area (Å²) < 4.78 is 0. The average Bonchev–Trinajstić information content (AvgIpc) is 2.97. The summed E-state index contributed by atoms with van der Waals surface area (Å²) in [7, 11) is 0. The van der Waals surface area contributed by atoms with Gasteiger partial charge in [-0.3, -0.25) is 15.2 Å². The zero-order chi connectivity index (χ0) is 14.2. The van der Waals surface area contributed by atoms with Gasteiger partial charge < -0.3 is 5.32 Å². The summed E-state index contributed by atoms with van der Waals surface area (Å²) in [6, 6.07) is 8.93. The molecule has 0 atom stereocenters. The first-order valence-corrected chi connectivity index (χ1v) is 6.82. The molecule has 0 radical (unpaired) electrons. The number of hydrogen-bond acceptors (Lipinski definition) is 5. The molecular formula is C12H13N5O2S. The summed E-state index contributed by atoms with van der Waals surface area (Å²) in [5, 5.41) is 11.7. The lowest BCUT2D eigenvalue weighted by atomic mass is 10.2. The first-order chi connectivity index (χ1) is 9.74. The molecule has 3 amide bonds. The van der Waals surface area contributed by atoms with Gasteiger partial charge in [-0.25, -0.2) is 9.78 Å². The molecule has 3 N–H and O–H groups in total. The molecule has 8 heteroatoms. The van der Waals surface area contributed by atoms with Gasteiger partial charge in [0.2, 0.25) is 5.91 Å². The van der Waals surface area contributed by atoms with Crippen molar-refractivity contribution in [1.82, 2.24) is 25.8 Å². The third kappa shape index (κ3) is 4.73. The lowest BCUT2D eigenvalue weighted by Crippen LogP contribution is -2.39. The van der Waals surface area contributed by atoms with E-state index in [1.165, 1.54) is 18.1 Å². The smallest absolute Gasteiger partial charge is 0.321 e. The molecule has 1 heterocycles. The van der Waals surface area contributed by atoms with Crippen molar-refractivity contribution in [3.63, 3.8) is 0 Å². The summed E-state index contributed by atoms with van der Waals surface area (Å²) in [4.78, 5) is 26.9. The second-order valence-electron chi connectivity index (χ2n) is 3.80. The molecule has 104 valence electrons. The average molecular weight is 291 g/mol. The molecule has 0 saturated heterocycles. The van der Waals surface area contributed by atoms with Crippen LogP contribution in [0.1, 0.15) is 5.56 Å². The SMILES string of the molecule is O=C(CSc1ncn[nH]1)NC(=O)NCc1ccccc1. The highest BCUT2D eigenvalue weighted by Crippen LogP contribution is 2.09. The Balaban J connectivity index is 1.67. The highest BCUT2D eigenvalue weighted by atomic mass is 32.2. The Bertz CT molecular complexity index is 558. The van der Waals surface area contributed by atoms with Crippen molar-refractivity contribution in [3.8, 4) is 0 Å². The van der Waals surface area contributed by atoms with E-state index < -0.39 is 11.9 Å². The first kappa shape index (κ1) is 14.1. The predicted octanol–water partition coefficient (Wildman–Crippen LogP) is 0.923. The van der Waals surface area contributed by atoms with Gasteiger partial charge in [0.05, 0.1) is 5.75 Å². The van der Waals surface area contributed by atoms with Crippen molar-refractivity contribution < 1.29 is 9.59 Å². The lowest BCUT2D eigenvalue weighted by Gasteiger charge is -2.06. The molecule has 20 heavy (non-hydrogen) atoms. The van der Waals surface area contributed by atoms with E-state index in [4.69, 9.17) is 0 Å². The Kier molecular flexibility index (Phi) is 5.13. The van der Waals surface area contributed by atoms with Crippen molar-refractivity contribution >= 4 is 23.7 Å². The molecule has 2 rings (SSSR count). The number of amides is 3. The van der Waals surface area contributed by atoms with E-state index in [2.05, 4.69) is 25.8 Å². The Morgan fingerprint density at radius 1 is 1.25 bits per heavy atom. The van der Waals surface area contributed by atoms with Gasteiger partial charge >= 0.3 is 6.03 Å². The molecule has 0 bridgehead atoms. The quantitative estimate of drug-likeness (QED) is 0.711. The standard InChI is InChI=1S/C12H13N5O2S/c18-10(7-20-12-14-8-15-17-12)16-11(19)13-6-9-4-2-1-3-5-9/h1-5,8H,6-7H2,(H,14,15,17)(H2,13,16,18,19). The van der Waals surface area contributed by atoms with Gasteiger partial charge in [-0.2, -0.15) is 5.10 Å². The topological polar surface area (TPSA) is 99.8 Å². The molecule has 0 saturated carbocycles. The van der Waals surface area contributed by atoms with Crippen LogP contribution in [0.4, 0.5) is 4.79 Å². The van der Waals surface area contributed by atoms with Gasteiger partial charge in [-0.1, -0.05) is 42.1 Å². The summed E-state index contributed by atoms with van der Waals surface area (Å²) in [6.45, 7) is 0.370. The minimum atomic E-state index is -0.517. The fraction of sp³-hybridized carbons (Fsp3) is 0.167. The van der Waals surface area contributed by atoms with Crippen LogP contribution in [-0.2, 0) is 11.3 Å². The number of H-pyrrole nitrogens is 1. The van der Waals surface area contributed by atoms with E-state index in [9.17, 15) is 9.59 Å². The normalized spacial score (nSPS) is 10.0. The zero-order valence-corrected chi connectivity index (χ0v) is 11.3. The number of hydrogen-bond donors (Lipinski definition) is 3. The highest BCUT2D eigenvalue weighted by Gasteiger charge is 2.08. The summed E-state index contributed by atoms with van der Waals surface area (Å²) in [6.07, 6.45) is 1.35. The number of aromatic nitrogens is 3. The zero-order valence-electron chi connectivity index (χ0n) is 10.5. The van der Waals surface area contributed by atoms with Crippen LogP contribution in [0.3, 0.4) is 0 Å². The molecule has 0 aliphatic rings. The van der Waals surface area contributed by atoms with Crippen molar-refractivity contribution in [2.75, 3.05) is 5.75 Å². The second kappa shape index (κ2) is 7.29. The number of thioether (sulfide) groups is 1. The van der Waals surface area contributed by atoms with Crippen molar-refractivity contribution in [3.05, 3.63) is 42.2 Å². The van der Waals surface area contributed by atoms with Crippen LogP contribution in [0.5, 0.6) is 0 Å². The number of urea groups is 1. The first-order valence-electron chi connectivity index (χ1n) is 5.84. The minimum absolute atomic E-state index is 0.0912. The molecule has 0 unspecified atom stereocenters. The van der Waals surface area contributed by atoms with Crippen LogP contribution >= 0.6 is 11.8 Å². The molecule has 0 spiro atoms. The molecule has 2 aromatic rings. The highest BCUT2D eigenvalue weighted by molar-refractivity contribution is 7.99. The maximum Gasteiger partial charge on any atom is 0.321 e. The van der Waals surface area contributed by atoms with Gasteiger partial charge in [0.25, 0.3) is 0 Å². The fourth-order valence-corrected chi connectivity index (χ4v) is 1.96. The number of imide groups is 1. The van der Waals surface area contributed by atoms with Gasteiger partial charge in [-0.15, -0.1) is 0 Å². The Morgan fingerprint density at radius 2 is 2.05 bits per heavy atom. The molecule has 1 aromatic heterocycles. The number of carbonyl (C=O) groups is 2. The van der Waals surface area contributed by atoms with Crippen LogP contribution in [-0.4, -0.2) is 32.9 Å². The fourth-order valence-electron chi connectivity index (χ4n) is 1.38. The van der Waals surface area contributed by atoms with E-state index in [1.54, 1.807) is 0 Å². The molecule has 0 aliphatic carbocycles. The minimum Gasteiger partial charge on any atom is -0.334 e. The summed E-state index contributed by atoms with van der Waals surface area (Å²) in [5.74, 6) is -0.300. The van der Waals surface area contributed by atoms with E-state index in [0.29, 0.717) is 11.7 Å². The number of nitrogens with zero attached hydrogens (tertiary/aromatic N) is 2. The maximum atomic E-state index is 11.5. The van der Waals surface area contributed by atoms with Crippen LogP contribution < -0.4 is 10.6 Å². The molecule has 7 nitrogen and oxygen atoms in total. The van der Waals surface area contributed by atoms with Crippen molar-refractivity contribution in [1.29, 1.82) is 0 Å². The summed E-state index contributed by atoms with van der Waals surface area (Å²) in [5.41, 5.74) is 0.964. The monoisotopic (exact) mass is 291 g/mol. The van der Waals surface area contributed by atoms with E-state index >= 15 is 0 Å².